The van der Waals surface area contributed by atoms with E-state index in [0.717, 1.165) is 24.5 Å². The van der Waals surface area contributed by atoms with Crippen LogP contribution in [0.2, 0.25) is 0 Å². The van der Waals surface area contributed by atoms with E-state index in [2.05, 4.69) is 0 Å². The van der Waals surface area contributed by atoms with E-state index < -0.39 is 5.60 Å². The first-order valence-corrected chi connectivity index (χ1v) is 9.97. The summed E-state index contributed by atoms with van der Waals surface area (Å²) in [6.45, 7) is 4.56. The lowest BCUT2D eigenvalue weighted by Crippen LogP contribution is -2.29. The molecule has 0 radical (unpaired) electrons. The van der Waals surface area contributed by atoms with E-state index in [0.29, 0.717) is 25.4 Å². The number of hydrogen-bond acceptors (Lipinski definition) is 6. The molecule has 6 heteroatoms. The Bertz CT molecular complexity index is 798. The van der Waals surface area contributed by atoms with Crippen molar-refractivity contribution in [2.24, 2.45) is 0 Å². The Kier molecular flexibility index (Phi) is 6.13. The maximum Gasteiger partial charge on any atom is 0.311 e. The van der Waals surface area contributed by atoms with Crippen LogP contribution in [0.3, 0.4) is 0 Å². The van der Waals surface area contributed by atoms with Crippen LogP contribution in [0.15, 0.2) is 54.6 Å². The van der Waals surface area contributed by atoms with Crippen LogP contribution >= 0.6 is 0 Å². The highest BCUT2D eigenvalue weighted by Crippen LogP contribution is 2.33. The average molecular weight is 398 g/mol. The van der Waals surface area contributed by atoms with Crippen LogP contribution in [0, 0.1) is 0 Å². The molecule has 29 heavy (non-hydrogen) atoms. The molecule has 2 aliphatic rings. The van der Waals surface area contributed by atoms with Crippen molar-refractivity contribution >= 4 is 5.97 Å². The first-order valence-electron chi connectivity index (χ1n) is 9.97. The molecule has 2 aliphatic heterocycles. The minimum Gasteiger partial charge on any atom is -0.491 e. The van der Waals surface area contributed by atoms with Gasteiger partial charge >= 0.3 is 5.97 Å². The normalized spacial score (nSPS) is 21.8. The van der Waals surface area contributed by atoms with Crippen LogP contribution in [-0.2, 0) is 24.6 Å². The molecule has 6 nitrogen and oxygen atoms in total. The first kappa shape index (κ1) is 19.9. The molecule has 0 amide bonds. The number of carbonyl (C=O) groups excluding carboxylic acids is 1. The Labute approximate surface area is 170 Å². The van der Waals surface area contributed by atoms with Gasteiger partial charge in [-0.25, -0.2) is 0 Å². The van der Waals surface area contributed by atoms with Gasteiger partial charge < -0.3 is 23.7 Å². The monoisotopic (exact) mass is 398 g/mol. The molecule has 2 fully saturated rings. The van der Waals surface area contributed by atoms with Gasteiger partial charge in [-0.1, -0.05) is 30.3 Å². The molecule has 2 heterocycles. The Morgan fingerprint density at radius 1 is 0.966 bits per heavy atom. The summed E-state index contributed by atoms with van der Waals surface area (Å²) in [5.74, 6) is 1.06. The van der Waals surface area contributed by atoms with Gasteiger partial charge in [0.2, 0.25) is 0 Å². The maximum atomic E-state index is 12.3. The number of ether oxygens (including phenoxy) is 5. The molecule has 0 saturated carbocycles. The second-order valence-electron chi connectivity index (χ2n) is 7.58. The van der Waals surface area contributed by atoms with Gasteiger partial charge in [-0.05, 0) is 43.2 Å². The Morgan fingerprint density at radius 2 is 1.62 bits per heavy atom. The summed E-state index contributed by atoms with van der Waals surface area (Å²) in [4.78, 5) is 12.3. The fourth-order valence-corrected chi connectivity index (χ4v) is 3.01. The Hall–Kier alpha value is -2.41. The minimum atomic E-state index is -0.625. The van der Waals surface area contributed by atoms with E-state index in [4.69, 9.17) is 23.7 Å². The van der Waals surface area contributed by atoms with Crippen molar-refractivity contribution in [2.75, 3.05) is 26.4 Å². The standard InChI is InChI=1S/C23H26O6/c1-23(28-16-21-15-27-21,12-11-22(24)29-19-5-3-2-4-6-19)17-7-9-18(10-8-17)25-13-20-14-26-20/h2-10,20-21H,11-16H2,1H3. The van der Waals surface area contributed by atoms with Gasteiger partial charge in [0.1, 0.15) is 30.3 Å². The van der Waals surface area contributed by atoms with Crippen LogP contribution in [0.4, 0.5) is 0 Å². The minimum absolute atomic E-state index is 0.145. The van der Waals surface area contributed by atoms with Crippen molar-refractivity contribution in [3.8, 4) is 11.5 Å². The largest absolute Gasteiger partial charge is 0.491 e. The highest BCUT2D eigenvalue weighted by Gasteiger charge is 2.33. The molecule has 0 aliphatic carbocycles. The zero-order valence-electron chi connectivity index (χ0n) is 16.5. The van der Waals surface area contributed by atoms with Crippen molar-refractivity contribution in [2.45, 2.75) is 37.6 Å². The summed E-state index contributed by atoms with van der Waals surface area (Å²) in [6, 6.07) is 16.9. The molecule has 2 aromatic rings. The molecular weight excluding hydrogens is 372 g/mol. The topological polar surface area (TPSA) is 69.8 Å². The summed E-state index contributed by atoms with van der Waals surface area (Å²) in [6.07, 6.45) is 1.11. The van der Waals surface area contributed by atoms with Gasteiger partial charge in [0, 0.05) is 6.42 Å². The van der Waals surface area contributed by atoms with Crippen LogP contribution < -0.4 is 9.47 Å². The number of carbonyl (C=O) groups is 1. The lowest BCUT2D eigenvalue weighted by Gasteiger charge is -2.30. The van der Waals surface area contributed by atoms with E-state index in [-0.39, 0.29) is 24.6 Å². The van der Waals surface area contributed by atoms with Gasteiger partial charge in [-0.3, -0.25) is 4.79 Å². The second-order valence-corrected chi connectivity index (χ2v) is 7.58. The zero-order valence-corrected chi connectivity index (χ0v) is 16.5. The van der Waals surface area contributed by atoms with Crippen molar-refractivity contribution in [3.63, 3.8) is 0 Å². The summed E-state index contributed by atoms with van der Waals surface area (Å²) in [7, 11) is 0. The molecule has 0 N–H and O–H groups in total. The molecule has 0 bridgehead atoms. The average Bonchev–Trinajstić information content (AvgIpc) is 3.65. The molecule has 0 spiro atoms. The van der Waals surface area contributed by atoms with E-state index >= 15 is 0 Å². The van der Waals surface area contributed by atoms with Crippen molar-refractivity contribution in [1.82, 2.24) is 0 Å². The molecule has 2 aromatic carbocycles. The quantitative estimate of drug-likeness (QED) is 0.328. The zero-order chi connectivity index (χ0) is 20.1. The van der Waals surface area contributed by atoms with Gasteiger partial charge in [0.05, 0.1) is 25.4 Å². The predicted octanol–water partition coefficient (Wildman–Crippen LogP) is 3.48. The molecule has 3 atom stereocenters. The molecule has 2 saturated heterocycles. The highest BCUT2D eigenvalue weighted by atomic mass is 16.6. The van der Waals surface area contributed by atoms with Gasteiger partial charge in [-0.2, -0.15) is 0 Å². The van der Waals surface area contributed by atoms with Gasteiger partial charge in [0.15, 0.2) is 0 Å². The summed E-state index contributed by atoms with van der Waals surface area (Å²) < 4.78 is 27.8. The molecule has 154 valence electrons. The number of rotatable bonds is 11. The number of hydrogen-bond donors (Lipinski definition) is 0. The van der Waals surface area contributed by atoms with Gasteiger partial charge in [0.25, 0.3) is 0 Å². The fraction of sp³-hybridized carbons (Fsp3) is 0.435. The van der Waals surface area contributed by atoms with E-state index in [9.17, 15) is 4.79 Å². The van der Waals surface area contributed by atoms with Crippen LogP contribution in [0.1, 0.15) is 25.3 Å². The van der Waals surface area contributed by atoms with Crippen LogP contribution in [-0.4, -0.2) is 44.6 Å². The number of epoxide rings is 2. The van der Waals surface area contributed by atoms with Crippen LogP contribution in [0.5, 0.6) is 11.5 Å². The summed E-state index contributed by atoms with van der Waals surface area (Å²) in [5, 5.41) is 0. The maximum absolute atomic E-state index is 12.3. The van der Waals surface area contributed by atoms with Crippen molar-refractivity contribution in [3.05, 3.63) is 60.2 Å². The number of esters is 1. The molecular formula is C23H26O6. The van der Waals surface area contributed by atoms with E-state index in [1.54, 1.807) is 12.1 Å². The third-order valence-corrected chi connectivity index (χ3v) is 5.07. The number of benzene rings is 2. The first-order chi connectivity index (χ1) is 14.1. The highest BCUT2D eigenvalue weighted by molar-refractivity contribution is 5.72. The lowest BCUT2D eigenvalue weighted by atomic mass is 9.90. The fourth-order valence-electron chi connectivity index (χ4n) is 3.01. The molecule has 4 rings (SSSR count). The second kappa shape index (κ2) is 8.95. The van der Waals surface area contributed by atoms with Crippen molar-refractivity contribution < 1.29 is 28.5 Å². The number of para-hydroxylation sites is 1. The van der Waals surface area contributed by atoms with E-state index in [1.807, 2.05) is 49.4 Å². The summed E-state index contributed by atoms with van der Waals surface area (Å²) >= 11 is 0. The van der Waals surface area contributed by atoms with Gasteiger partial charge in [-0.15, -0.1) is 0 Å². The van der Waals surface area contributed by atoms with Crippen molar-refractivity contribution in [1.29, 1.82) is 0 Å². The molecule has 3 unspecified atom stereocenters. The molecule has 0 aromatic heterocycles. The van der Waals surface area contributed by atoms with Crippen LogP contribution in [0.25, 0.3) is 0 Å². The predicted molar refractivity (Wildman–Crippen MR) is 106 cm³/mol. The van der Waals surface area contributed by atoms with E-state index in [1.165, 1.54) is 0 Å². The lowest BCUT2D eigenvalue weighted by molar-refractivity contribution is -0.136. The Morgan fingerprint density at radius 3 is 2.28 bits per heavy atom. The third-order valence-electron chi connectivity index (χ3n) is 5.07. The Balaban J connectivity index is 1.37. The summed E-state index contributed by atoms with van der Waals surface area (Å²) in [5.41, 5.74) is 0.362. The SMILES string of the molecule is CC(CCC(=O)Oc1ccccc1)(OCC1CO1)c1ccc(OCC2CO2)cc1. The third kappa shape index (κ3) is 6.03. The smallest absolute Gasteiger partial charge is 0.311 e.